The first-order valence-electron chi connectivity index (χ1n) is 8.70. The van der Waals surface area contributed by atoms with Crippen LogP contribution in [0.4, 0.5) is 5.69 Å². The summed E-state index contributed by atoms with van der Waals surface area (Å²) >= 11 is 15.5. The minimum absolute atomic E-state index is 0.0482. The second-order valence-electron chi connectivity index (χ2n) is 6.60. The molecular formula is C19H19BrCl2N2O3S. The number of halogens is 3. The summed E-state index contributed by atoms with van der Waals surface area (Å²) in [5.74, 6) is -0.280. The molecule has 0 spiro atoms. The minimum atomic E-state index is -3.97. The van der Waals surface area contributed by atoms with E-state index in [4.69, 9.17) is 23.2 Å². The third-order valence-corrected chi connectivity index (χ3v) is 7.83. The zero-order valence-corrected chi connectivity index (χ0v) is 19.2. The van der Waals surface area contributed by atoms with E-state index < -0.39 is 10.0 Å². The number of carbonyl (C=O) groups excluding carboxylic acids is 1. The second-order valence-corrected chi connectivity index (χ2v) is 10.3. The van der Waals surface area contributed by atoms with Gasteiger partial charge in [0.05, 0.1) is 11.6 Å². The Bertz CT molecular complexity index is 1030. The lowest BCUT2D eigenvalue weighted by Gasteiger charge is -2.27. The molecule has 0 aliphatic carbocycles. The van der Waals surface area contributed by atoms with Crippen LogP contribution in [0, 0.1) is 0 Å². The van der Waals surface area contributed by atoms with Gasteiger partial charge in [-0.05, 0) is 55.3 Å². The van der Waals surface area contributed by atoms with Crippen molar-refractivity contribution in [2.75, 3.05) is 18.0 Å². The van der Waals surface area contributed by atoms with Crippen LogP contribution in [0.5, 0.6) is 0 Å². The Kier molecular flexibility index (Phi) is 6.41. The van der Waals surface area contributed by atoms with Crippen molar-refractivity contribution >= 4 is 60.7 Å². The smallest absolute Gasteiger partial charge is 0.245 e. The normalized spacial score (nSPS) is 16.5. The number of hydrogen-bond acceptors (Lipinski definition) is 3. The fraction of sp³-hybridized carbons (Fsp3) is 0.316. The summed E-state index contributed by atoms with van der Waals surface area (Å²) in [6.45, 7) is 3.49. The van der Waals surface area contributed by atoms with Gasteiger partial charge in [0.25, 0.3) is 0 Å². The first-order chi connectivity index (χ1) is 13.1. The fourth-order valence-corrected chi connectivity index (χ4v) is 5.93. The Morgan fingerprint density at radius 1 is 1.25 bits per heavy atom. The number of fused-ring (bicyclic) bond motifs is 1. The highest BCUT2D eigenvalue weighted by Crippen LogP contribution is 2.35. The van der Waals surface area contributed by atoms with Gasteiger partial charge in [0.15, 0.2) is 0 Å². The second kappa shape index (κ2) is 8.32. The average molecular weight is 506 g/mol. The summed E-state index contributed by atoms with van der Waals surface area (Å²) in [6, 6.07) is 9.94. The summed E-state index contributed by atoms with van der Waals surface area (Å²) in [7, 11) is -3.97. The van der Waals surface area contributed by atoms with Crippen LogP contribution in [0.2, 0.25) is 10.0 Å². The van der Waals surface area contributed by atoms with Crippen molar-refractivity contribution in [3.8, 4) is 0 Å². The van der Waals surface area contributed by atoms with Gasteiger partial charge >= 0.3 is 0 Å². The molecule has 1 aliphatic rings. The van der Waals surface area contributed by atoms with Crippen molar-refractivity contribution in [2.45, 2.75) is 31.2 Å². The van der Waals surface area contributed by atoms with Gasteiger partial charge in [-0.1, -0.05) is 46.1 Å². The maximum Gasteiger partial charge on any atom is 0.245 e. The van der Waals surface area contributed by atoms with Gasteiger partial charge in [0.1, 0.15) is 4.90 Å². The number of hydrogen-bond donors (Lipinski definition) is 0. The lowest BCUT2D eigenvalue weighted by Crippen LogP contribution is -2.45. The van der Waals surface area contributed by atoms with Crippen molar-refractivity contribution in [1.29, 1.82) is 0 Å². The molecule has 0 fully saturated rings. The van der Waals surface area contributed by atoms with E-state index in [0.29, 0.717) is 0 Å². The highest BCUT2D eigenvalue weighted by molar-refractivity contribution is 9.10. The first kappa shape index (κ1) is 21.6. The van der Waals surface area contributed by atoms with Crippen LogP contribution < -0.4 is 4.90 Å². The lowest BCUT2D eigenvalue weighted by molar-refractivity contribution is -0.119. The van der Waals surface area contributed by atoms with Crippen molar-refractivity contribution in [1.82, 2.24) is 4.31 Å². The number of sulfonamides is 1. The molecule has 1 atom stereocenters. The molecule has 1 aliphatic heterocycles. The molecule has 1 amide bonds. The Morgan fingerprint density at radius 3 is 2.64 bits per heavy atom. The van der Waals surface area contributed by atoms with Gasteiger partial charge in [-0.25, -0.2) is 8.42 Å². The average Bonchev–Trinajstić information content (AvgIpc) is 2.96. The Labute approximate surface area is 183 Å². The van der Waals surface area contributed by atoms with E-state index in [2.05, 4.69) is 15.9 Å². The molecule has 0 saturated carbocycles. The third-order valence-electron chi connectivity index (χ3n) is 4.70. The summed E-state index contributed by atoms with van der Waals surface area (Å²) in [5, 5.41) is 0.332. The van der Waals surface area contributed by atoms with E-state index in [9.17, 15) is 13.2 Å². The Hall–Kier alpha value is -1.12. The van der Waals surface area contributed by atoms with E-state index in [1.807, 2.05) is 25.1 Å². The predicted molar refractivity (Wildman–Crippen MR) is 116 cm³/mol. The third kappa shape index (κ3) is 4.09. The van der Waals surface area contributed by atoms with Crippen LogP contribution in [-0.4, -0.2) is 37.8 Å². The molecule has 28 heavy (non-hydrogen) atoms. The van der Waals surface area contributed by atoms with E-state index in [0.717, 1.165) is 26.4 Å². The number of carbonyl (C=O) groups is 1. The summed E-state index contributed by atoms with van der Waals surface area (Å²) < 4.78 is 28.2. The number of nitrogens with zero attached hydrogens (tertiary/aromatic N) is 2. The number of rotatable bonds is 5. The van der Waals surface area contributed by atoms with Crippen LogP contribution in [0.25, 0.3) is 0 Å². The zero-order chi connectivity index (χ0) is 20.6. The van der Waals surface area contributed by atoms with E-state index >= 15 is 0 Å². The number of likely N-dealkylation sites (N-methyl/N-ethyl adjacent to an activating group) is 1. The van der Waals surface area contributed by atoms with Gasteiger partial charge in [0, 0.05) is 27.8 Å². The van der Waals surface area contributed by atoms with Gasteiger partial charge in [-0.3, -0.25) is 4.79 Å². The summed E-state index contributed by atoms with van der Waals surface area (Å²) in [6.07, 6.45) is 0.722. The highest BCUT2D eigenvalue weighted by atomic mass is 79.9. The molecule has 3 rings (SSSR count). The molecule has 0 bridgehead atoms. The molecule has 0 aromatic heterocycles. The van der Waals surface area contributed by atoms with Gasteiger partial charge in [-0.15, -0.1) is 0 Å². The van der Waals surface area contributed by atoms with E-state index in [1.165, 1.54) is 18.2 Å². The molecular weight excluding hydrogens is 487 g/mol. The standard InChI is InChI=1S/C19H19BrCl2N2O3S/c1-3-23(28(26,27)18-10-15(21)5-6-16(18)22)11-19(25)24-12(2)8-13-9-14(20)4-7-17(13)24/h4-7,9-10,12H,3,8,11H2,1-2H3. The summed E-state index contributed by atoms with van der Waals surface area (Å²) in [4.78, 5) is 14.6. The Balaban J connectivity index is 1.89. The quantitative estimate of drug-likeness (QED) is 0.589. The maximum atomic E-state index is 13.1. The van der Waals surface area contributed by atoms with Crippen molar-refractivity contribution in [3.05, 3.63) is 56.5 Å². The minimum Gasteiger partial charge on any atom is -0.308 e. The largest absolute Gasteiger partial charge is 0.308 e. The van der Waals surface area contributed by atoms with Crippen LogP contribution in [-0.2, 0) is 21.2 Å². The highest BCUT2D eigenvalue weighted by Gasteiger charge is 2.34. The van der Waals surface area contributed by atoms with Crippen LogP contribution in [0.15, 0.2) is 45.8 Å². The molecule has 2 aromatic carbocycles. The van der Waals surface area contributed by atoms with Crippen molar-refractivity contribution in [2.24, 2.45) is 0 Å². The molecule has 1 unspecified atom stereocenters. The molecule has 0 saturated heterocycles. The summed E-state index contributed by atoms with van der Waals surface area (Å²) in [5.41, 5.74) is 1.87. The number of amides is 1. The lowest BCUT2D eigenvalue weighted by atomic mass is 10.1. The number of benzene rings is 2. The molecule has 150 valence electrons. The zero-order valence-electron chi connectivity index (χ0n) is 15.3. The van der Waals surface area contributed by atoms with Gasteiger partial charge in [0.2, 0.25) is 15.9 Å². The molecule has 0 radical (unpaired) electrons. The van der Waals surface area contributed by atoms with Gasteiger partial charge in [-0.2, -0.15) is 4.31 Å². The molecule has 0 N–H and O–H groups in total. The van der Waals surface area contributed by atoms with E-state index in [-0.39, 0.29) is 40.0 Å². The first-order valence-corrected chi connectivity index (χ1v) is 11.7. The van der Waals surface area contributed by atoms with Crippen LogP contribution >= 0.6 is 39.1 Å². The SMILES string of the molecule is CCN(CC(=O)N1c2ccc(Br)cc2CC1C)S(=O)(=O)c1cc(Cl)ccc1Cl. The number of anilines is 1. The van der Waals surface area contributed by atoms with Crippen LogP contribution in [0.3, 0.4) is 0 Å². The van der Waals surface area contributed by atoms with E-state index in [1.54, 1.807) is 11.8 Å². The molecule has 9 heteroatoms. The van der Waals surface area contributed by atoms with Crippen LogP contribution in [0.1, 0.15) is 19.4 Å². The predicted octanol–water partition coefficient (Wildman–Crippen LogP) is 4.74. The maximum absolute atomic E-state index is 13.1. The molecule has 1 heterocycles. The van der Waals surface area contributed by atoms with Crippen molar-refractivity contribution < 1.29 is 13.2 Å². The molecule has 5 nitrogen and oxygen atoms in total. The van der Waals surface area contributed by atoms with Gasteiger partial charge < -0.3 is 4.90 Å². The topological polar surface area (TPSA) is 57.7 Å². The monoisotopic (exact) mass is 504 g/mol. The fourth-order valence-electron chi connectivity index (χ4n) is 3.39. The molecule has 2 aromatic rings. The van der Waals surface area contributed by atoms with Crippen molar-refractivity contribution in [3.63, 3.8) is 0 Å². The Morgan fingerprint density at radius 2 is 1.96 bits per heavy atom.